The predicted octanol–water partition coefficient (Wildman–Crippen LogP) is 4.19. The Hall–Kier alpha value is -0.860. The molecule has 1 saturated carbocycles. The largest absolute Gasteiger partial charge is 0.372 e. The van der Waals surface area contributed by atoms with E-state index in [1.165, 1.54) is 36.0 Å². The summed E-state index contributed by atoms with van der Waals surface area (Å²) in [6.45, 7) is 9.69. The standard InChI is InChI=1S/C18H27NO/c1-4-19-17(16-6-5-9-18(16,2)3)13-7-8-14-11-20-12-15(14)10-13/h7-8,10,16-17,19H,4-6,9,11-12H2,1-3H3. The van der Waals surface area contributed by atoms with Crippen molar-refractivity contribution < 1.29 is 4.74 Å². The van der Waals surface area contributed by atoms with Crippen molar-refractivity contribution in [3.8, 4) is 0 Å². The summed E-state index contributed by atoms with van der Waals surface area (Å²) in [7, 11) is 0. The highest BCUT2D eigenvalue weighted by molar-refractivity contribution is 5.35. The van der Waals surface area contributed by atoms with E-state index >= 15 is 0 Å². The van der Waals surface area contributed by atoms with Crippen molar-refractivity contribution in [2.45, 2.75) is 59.3 Å². The molecule has 1 aliphatic carbocycles. The van der Waals surface area contributed by atoms with Crippen LogP contribution in [0.25, 0.3) is 0 Å². The average Bonchev–Trinajstić information content (AvgIpc) is 3.01. The first-order chi connectivity index (χ1) is 9.62. The van der Waals surface area contributed by atoms with E-state index in [-0.39, 0.29) is 0 Å². The fraction of sp³-hybridized carbons (Fsp3) is 0.667. The lowest BCUT2D eigenvalue weighted by Crippen LogP contribution is -2.34. The van der Waals surface area contributed by atoms with Gasteiger partial charge in [0, 0.05) is 6.04 Å². The van der Waals surface area contributed by atoms with Crippen LogP contribution < -0.4 is 5.32 Å². The van der Waals surface area contributed by atoms with Crippen molar-refractivity contribution in [1.29, 1.82) is 0 Å². The van der Waals surface area contributed by atoms with Crippen LogP contribution in [0.15, 0.2) is 18.2 Å². The molecule has 1 aromatic rings. The fourth-order valence-electron chi connectivity index (χ4n) is 4.07. The Kier molecular flexibility index (Phi) is 3.87. The second-order valence-electron chi connectivity index (χ2n) is 7.04. The van der Waals surface area contributed by atoms with Crippen molar-refractivity contribution in [1.82, 2.24) is 5.32 Å². The van der Waals surface area contributed by atoms with Crippen molar-refractivity contribution in [3.05, 3.63) is 34.9 Å². The van der Waals surface area contributed by atoms with Crippen molar-refractivity contribution in [2.24, 2.45) is 11.3 Å². The van der Waals surface area contributed by atoms with Crippen LogP contribution in [-0.2, 0) is 18.0 Å². The Morgan fingerprint density at radius 2 is 2.10 bits per heavy atom. The summed E-state index contributed by atoms with van der Waals surface area (Å²) in [4.78, 5) is 0. The zero-order valence-electron chi connectivity index (χ0n) is 13.0. The number of nitrogens with one attached hydrogen (secondary N) is 1. The molecule has 0 spiro atoms. The molecular weight excluding hydrogens is 246 g/mol. The zero-order valence-corrected chi connectivity index (χ0v) is 13.0. The Morgan fingerprint density at radius 1 is 1.30 bits per heavy atom. The summed E-state index contributed by atoms with van der Waals surface area (Å²) in [5.41, 5.74) is 4.66. The molecule has 2 nitrogen and oxygen atoms in total. The van der Waals surface area contributed by atoms with Gasteiger partial charge in [-0.15, -0.1) is 0 Å². The number of rotatable bonds is 4. The molecule has 1 heterocycles. The van der Waals surface area contributed by atoms with Crippen molar-refractivity contribution in [2.75, 3.05) is 6.54 Å². The minimum atomic E-state index is 0.447. The van der Waals surface area contributed by atoms with Crippen LogP contribution in [0.4, 0.5) is 0 Å². The van der Waals surface area contributed by atoms with E-state index < -0.39 is 0 Å². The molecule has 2 heteroatoms. The van der Waals surface area contributed by atoms with E-state index in [0.29, 0.717) is 11.5 Å². The molecule has 2 atom stereocenters. The minimum Gasteiger partial charge on any atom is -0.372 e. The van der Waals surface area contributed by atoms with Gasteiger partial charge in [0.25, 0.3) is 0 Å². The van der Waals surface area contributed by atoms with Gasteiger partial charge in [-0.25, -0.2) is 0 Å². The Labute approximate surface area is 122 Å². The summed E-state index contributed by atoms with van der Waals surface area (Å²) >= 11 is 0. The monoisotopic (exact) mass is 273 g/mol. The predicted molar refractivity (Wildman–Crippen MR) is 82.5 cm³/mol. The molecule has 0 radical (unpaired) electrons. The van der Waals surface area contributed by atoms with E-state index in [9.17, 15) is 0 Å². The molecule has 0 bridgehead atoms. The summed E-state index contributed by atoms with van der Waals surface area (Å²) in [5.74, 6) is 0.739. The van der Waals surface area contributed by atoms with Crippen LogP contribution in [0.1, 0.15) is 62.8 Å². The first kappa shape index (κ1) is 14.1. The highest BCUT2D eigenvalue weighted by Crippen LogP contribution is 2.48. The third-order valence-electron chi connectivity index (χ3n) is 5.27. The van der Waals surface area contributed by atoms with Crippen LogP contribution in [0.3, 0.4) is 0 Å². The Morgan fingerprint density at radius 3 is 2.80 bits per heavy atom. The average molecular weight is 273 g/mol. The number of fused-ring (bicyclic) bond motifs is 1. The molecule has 2 aliphatic rings. The number of ether oxygens (including phenoxy) is 1. The van der Waals surface area contributed by atoms with Crippen LogP contribution in [0, 0.1) is 11.3 Å². The molecule has 1 aromatic carbocycles. The zero-order chi connectivity index (χ0) is 14.2. The molecule has 110 valence electrons. The summed E-state index contributed by atoms with van der Waals surface area (Å²) < 4.78 is 5.56. The van der Waals surface area contributed by atoms with Gasteiger partial charge in [-0.1, -0.05) is 45.4 Å². The van der Waals surface area contributed by atoms with Gasteiger partial charge in [0.05, 0.1) is 13.2 Å². The molecule has 1 aliphatic heterocycles. The lowest BCUT2D eigenvalue weighted by atomic mass is 9.75. The quantitative estimate of drug-likeness (QED) is 0.888. The molecule has 0 aromatic heterocycles. The third-order valence-corrected chi connectivity index (χ3v) is 5.27. The molecular formula is C18H27NO. The van der Waals surface area contributed by atoms with Gasteiger partial charge in [0.15, 0.2) is 0 Å². The van der Waals surface area contributed by atoms with Crippen LogP contribution in [0.2, 0.25) is 0 Å². The first-order valence-corrected chi connectivity index (χ1v) is 8.04. The topological polar surface area (TPSA) is 21.3 Å². The van der Waals surface area contributed by atoms with Gasteiger partial charge >= 0.3 is 0 Å². The maximum Gasteiger partial charge on any atom is 0.0725 e. The van der Waals surface area contributed by atoms with Gasteiger partial charge in [0.2, 0.25) is 0 Å². The van der Waals surface area contributed by atoms with E-state index in [4.69, 9.17) is 4.74 Å². The maximum atomic E-state index is 5.56. The minimum absolute atomic E-state index is 0.447. The van der Waals surface area contributed by atoms with Crippen LogP contribution in [0.5, 0.6) is 0 Å². The second kappa shape index (κ2) is 5.50. The summed E-state index contributed by atoms with van der Waals surface area (Å²) in [6.07, 6.45) is 4.07. The molecule has 0 saturated heterocycles. The highest BCUT2D eigenvalue weighted by atomic mass is 16.5. The second-order valence-corrected chi connectivity index (χ2v) is 7.04. The van der Waals surface area contributed by atoms with Gasteiger partial charge < -0.3 is 10.1 Å². The lowest BCUT2D eigenvalue weighted by Gasteiger charge is -2.35. The first-order valence-electron chi connectivity index (χ1n) is 8.04. The Bertz CT molecular complexity index is 480. The normalized spacial score (nSPS) is 25.6. The van der Waals surface area contributed by atoms with Crippen LogP contribution in [-0.4, -0.2) is 6.54 Å². The molecule has 1 fully saturated rings. The van der Waals surface area contributed by atoms with E-state index in [0.717, 1.165) is 25.7 Å². The van der Waals surface area contributed by atoms with Crippen molar-refractivity contribution in [3.63, 3.8) is 0 Å². The molecule has 1 N–H and O–H groups in total. The SMILES string of the molecule is CCNC(c1ccc2c(c1)COC2)C1CCCC1(C)C. The van der Waals surface area contributed by atoms with Crippen LogP contribution >= 0.6 is 0 Å². The van der Waals surface area contributed by atoms with E-state index in [1.54, 1.807) is 0 Å². The third kappa shape index (κ3) is 2.51. The summed E-state index contributed by atoms with van der Waals surface area (Å²) in [6, 6.07) is 7.45. The molecule has 2 unspecified atom stereocenters. The maximum absolute atomic E-state index is 5.56. The van der Waals surface area contributed by atoms with E-state index in [1.807, 2.05) is 0 Å². The molecule has 0 amide bonds. The smallest absolute Gasteiger partial charge is 0.0725 e. The van der Waals surface area contributed by atoms with Gasteiger partial charge in [-0.05, 0) is 47.4 Å². The molecule has 20 heavy (non-hydrogen) atoms. The lowest BCUT2D eigenvalue weighted by molar-refractivity contribution is 0.134. The van der Waals surface area contributed by atoms with Gasteiger partial charge in [-0.2, -0.15) is 0 Å². The number of hydrogen-bond acceptors (Lipinski definition) is 2. The van der Waals surface area contributed by atoms with Crippen molar-refractivity contribution >= 4 is 0 Å². The van der Waals surface area contributed by atoms with Gasteiger partial charge in [-0.3, -0.25) is 0 Å². The Balaban J connectivity index is 1.90. The number of benzene rings is 1. The van der Waals surface area contributed by atoms with E-state index in [2.05, 4.69) is 44.3 Å². The molecule has 3 rings (SSSR count). The van der Waals surface area contributed by atoms with Gasteiger partial charge in [0.1, 0.15) is 0 Å². The number of hydrogen-bond donors (Lipinski definition) is 1. The fourth-order valence-corrected chi connectivity index (χ4v) is 4.07. The summed E-state index contributed by atoms with van der Waals surface area (Å²) in [5, 5.41) is 3.75. The highest BCUT2D eigenvalue weighted by Gasteiger charge is 2.39.